The van der Waals surface area contributed by atoms with Crippen molar-refractivity contribution in [2.45, 2.75) is 37.5 Å². The van der Waals surface area contributed by atoms with Crippen LogP contribution < -0.4 is 5.32 Å². The number of nitrogens with one attached hydrogen (secondary N) is 1. The molecular formula is C34H30ClN5O8. The van der Waals surface area contributed by atoms with E-state index in [2.05, 4.69) is 20.3 Å². The number of hydrogen-bond donors (Lipinski definition) is 2. The van der Waals surface area contributed by atoms with Gasteiger partial charge in [0.05, 0.1) is 29.6 Å². The molecule has 6 rings (SSSR count). The summed E-state index contributed by atoms with van der Waals surface area (Å²) in [5, 5.41) is 12.5. The number of ether oxygens (including phenoxy) is 4. The third kappa shape index (κ3) is 7.13. The van der Waals surface area contributed by atoms with Crippen LogP contribution in [0.5, 0.6) is 0 Å². The number of benzene rings is 3. The molecule has 0 saturated carbocycles. The Bertz CT molecular complexity index is 1890. The van der Waals surface area contributed by atoms with E-state index < -0.39 is 48.5 Å². The van der Waals surface area contributed by atoms with Crippen molar-refractivity contribution in [2.75, 3.05) is 18.5 Å². The van der Waals surface area contributed by atoms with Crippen molar-refractivity contribution in [3.8, 4) is 0 Å². The van der Waals surface area contributed by atoms with Gasteiger partial charge in [-0.3, -0.25) is 4.57 Å². The maximum atomic E-state index is 13.5. The van der Waals surface area contributed by atoms with Crippen LogP contribution in [0.3, 0.4) is 0 Å². The quantitative estimate of drug-likeness (QED) is 0.115. The maximum absolute atomic E-state index is 13.5. The molecular weight excluding hydrogens is 644 g/mol. The van der Waals surface area contributed by atoms with E-state index in [0.29, 0.717) is 5.56 Å². The summed E-state index contributed by atoms with van der Waals surface area (Å²) in [6, 6.07) is 24.5. The van der Waals surface area contributed by atoms with Crippen LogP contribution in [0.2, 0.25) is 5.28 Å². The molecule has 14 heteroatoms. The van der Waals surface area contributed by atoms with Crippen molar-refractivity contribution in [1.82, 2.24) is 19.5 Å². The highest BCUT2D eigenvalue weighted by Gasteiger charge is 2.52. The van der Waals surface area contributed by atoms with Crippen LogP contribution in [0.15, 0.2) is 97.3 Å². The van der Waals surface area contributed by atoms with Crippen LogP contribution in [0.25, 0.3) is 11.2 Å². The van der Waals surface area contributed by atoms with E-state index in [1.165, 1.54) is 10.9 Å². The van der Waals surface area contributed by atoms with Crippen molar-refractivity contribution >= 4 is 46.5 Å². The molecule has 48 heavy (non-hydrogen) atoms. The average molecular weight is 674 g/mol. The van der Waals surface area contributed by atoms with Crippen LogP contribution in [0.4, 0.5) is 5.82 Å². The SMILES string of the molecule is C[C@H](CO)Nc1nc(Cl)nc2c1n[14cH]n2[C@@H]1O[C@H](COC(=O)c2ccccc2)[C@@H](OC(=O)c2ccccc2)[C@H]1OC(=O)c1ccccc1. The molecule has 13 nitrogen and oxygen atoms in total. The first-order valence-corrected chi connectivity index (χ1v) is 15.4. The Morgan fingerprint density at radius 2 is 1.42 bits per heavy atom. The number of aliphatic hydroxyl groups is 1. The summed E-state index contributed by atoms with van der Waals surface area (Å²) in [6.07, 6.45) is -3.45. The van der Waals surface area contributed by atoms with Crippen molar-refractivity contribution in [3.05, 3.63) is 119 Å². The summed E-state index contributed by atoms with van der Waals surface area (Å²) in [4.78, 5) is 52.9. The Morgan fingerprint density at radius 1 is 0.875 bits per heavy atom. The van der Waals surface area contributed by atoms with Crippen LogP contribution in [0.1, 0.15) is 44.2 Å². The molecule has 246 valence electrons. The molecule has 2 aromatic heterocycles. The summed E-state index contributed by atoms with van der Waals surface area (Å²) in [6.45, 7) is 1.19. The number of halogens is 1. The lowest BCUT2D eigenvalue weighted by molar-refractivity contribution is -0.0606. The van der Waals surface area contributed by atoms with Gasteiger partial charge in [0.2, 0.25) is 5.28 Å². The lowest BCUT2D eigenvalue weighted by atomic mass is 10.1. The fourth-order valence-corrected chi connectivity index (χ4v) is 5.30. The number of fused-ring (bicyclic) bond motifs is 1. The number of aliphatic hydroxyl groups excluding tert-OH is 1. The third-order valence-electron chi connectivity index (χ3n) is 7.50. The zero-order valence-corrected chi connectivity index (χ0v) is 26.3. The van der Waals surface area contributed by atoms with Crippen molar-refractivity contribution in [1.29, 1.82) is 0 Å². The topological polar surface area (TPSA) is 164 Å². The number of anilines is 1. The zero-order chi connectivity index (χ0) is 33.6. The number of carbonyl (C=O) groups excluding carboxylic acids is 3. The van der Waals surface area contributed by atoms with Gasteiger partial charge in [0.15, 0.2) is 35.4 Å². The minimum Gasteiger partial charge on any atom is -0.459 e. The van der Waals surface area contributed by atoms with Gasteiger partial charge in [-0.25, -0.2) is 19.4 Å². The zero-order valence-electron chi connectivity index (χ0n) is 25.5. The van der Waals surface area contributed by atoms with Crippen molar-refractivity contribution in [3.63, 3.8) is 0 Å². The minimum atomic E-state index is -1.29. The van der Waals surface area contributed by atoms with Gasteiger partial charge in [-0.2, -0.15) is 9.97 Å². The maximum Gasteiger partial charge on any atom is 0.338 e. The van der Waals surface area contributed by atoms with E-state index in [1.54, 1.807) is 97.9 Å². The standard InChI is InChI=1S/C34H30ClN5O8/c1-20(17-41)37-28-25-29(39-34(35)38-28)40(19-36-25)30-27(48-33(44)23-15-9-4-10-16-23)26(47-32(43)22-13-7-3-8-14-22)24(46-30)18-45-31(42)21-11-5-2-6-12-21/h2-16,19-20,24,26-27,30,41H,17-18H2,1H3,(H,37,38,39)/t20-,24-,26-,27-,30-/m1/s1/i19+2. The number of hydrogen-bond acceptors (Lipinski definition) is 12. The highest BCUT2D eigenvalue weighted by Crippen LogP contribution is 2.37. The normalized spacial score (nSPS) is 19.4. The number of rotatable bonds is 11. The van der Waals surface area contributed by atoms with Gasteiger partial charge in [0, 0.05) is 6.04 Å². The second-order valence-electron chi connectivity index (χ2n) is 10.9. The second kappa shape index (κ2) is 14.6. The number of esters is 3. The molecule has 3 aromatic carbocycles. The van der Waals surface area contributed by atoms with Gasteiger partial charge in [-0.1, -0.05) is 54.6 Å². The number of carbonyl (C=O) groups is 3. The van der Waals surface area contributed by atoms with Gasteiger partial charge < -0.3 is 29.4 Å². The molecule has 1 saturated heterocycles. The Morgan fingerprint density at radius 3 is 1.98 bits per heavy atom. The highest BCUT2D eigenvalue weighted by molar-refractivity contribution is 6.28. The number of aromatic nitrogens is 4. The lowest BCUT2D eigenvalue weighted by Crippen LogP contribution is -2.41. The Balaban J connectivity index is 1.40. The molecule has 3 heterocycles. The van der Waals surface area contributed by atoms with Gasteiger partial charge in [-0.15, -0.1) is 0 Å². The predicted octanol–water partition coefficient (Wildman–Crippen LogP) is 4.48. The minimum absolute atomic E-state index is 0.131. The molecule has 0 aliphatic carbocycles. The Hall–Kier alpha value is -5.37. The summed E-state index contributed by atoms with van der Waals surface area (Å²) in [7, 11) is 0. The first-order valence-electron chi connectivity index (χ1n) is 15.0. The number of nitrogens with zero attached hydrogens (tertiary/aromatic N) is 4. The summed E-state index contributed by atoms with van der Waals surface area (Å²) < 4.78 is 25.5. The first kappa shape index (κ1) is 32.6. The third-order valence-corrected chi connectivity index (χ3v) is 7.67. The van der Waals surface area contributed by atoms with Crippen molar-refractivity contribution in [2.24, 2.45) is 0 Å². The van der Waals surface area contributed by atoms with E-state index in [-0.39, 0.29) is 46.6 Å². The Labute approximate surface area is 279 Å². The monoisotopic (exact) mass is 673 g/mol. The van der Waals surface area contributed by atoms with Crippen LogP contribution in [-0.2, 0) is 18.9 Å². The molecule has 5 aromatic rings. The van der Waals surface area contributed by atoms with Gasteiger partial charge in [-0.05, 0) is 54.9 Å². The number of imidazole rings is 1. The second-order valence-corrected chi connectivity index (χ2v) is 11.2. The molecule has 0 radical (unpaired) electrons. The first-order chi connectivity index (χ1) is 23.3. The molecule has 1 fully saturated rings. The molecule has 2 N–H and O–H groups in total. The average Bonchev–Trinajstić information content (AvgIpc) is 3.68. The molecule has 0 spiro atoms. The van der Waals surface area contributed by atoms with Crippen LogP contribution in [-0.4, -0.2) is 80.1 Å². The summed E-state index contributed by atoms with van der Waals surface area (Å²) >= 11 is 6.30. The lowest BCUT2D eigenvalue weighted by Gasteiger charge is -2.25. The molecule has 5 atom stereocenters. The Kier molecular flexibility index (Phi) is 9.90. The van der Waals surface area contributed by atoms with E-state index in [0.717, 1.165) is 0 Å². The predicted molar refractivity (Wildman–Crippen MR) is 172 cm³/mol. The van der Waals surface area contributed by atoms with Crippen molar-refractivity contribution < 1.29 is 38.4 Å². The summed E-state index contributed by atoms with van der Waals surface area (Å²) in [5.41, 5.74) is 1.28. The van der Waals surface area contributed by atoms with E-state index >= 15 is 0 Å². The molecule has 0 bridgehead atoms. The highest BCUT2D eigenvalue weighted by atomic mass is 35.5. The molecule has 1 aliphatic rings. The van der Waals surface area contributed by atoms with Gasteiger partial charge >= 0.3 is 17.9 Å². The molecule has 1 aliphatic heterocycles. The largest absolute Gasteiger partial charge is 0.459 e. The van der Waals surface area contributed by atoms with E-state index in [4.69, 9.17) is 30.5 Å². The van der Waals surface area contributed by atoms with Crippen LogP contribution >= 0.6 is 11.6 Å². The fourth-order valence-electron chi connectivity index (χ4n) is 5.14. The van der Waals surface area contributed by atoms with Crippen LogP contribution in [0, 0.1) is 0 Å². The summed E-state index contributed by atoms with van der Waals surface area (Å²) in [5.74, 6) is -1.81. The van der Waals surface area contributed by atoms with Gasteiger partial charge in [0.1, 0.15) is 12.7 Å². The fraction of sp³-hybridized carbons (Fsp3) is 0.235. The smallest absolute Gasteiger partial charge is 0.338 e. The van der Waals surface area contributed by atoms with Gasteiger partial charge in [0.25, 0.3) is 0 Å². The van der Waals surface area contributed by atoms with E-state index in [1.807, 2.05) is 0 Å². The molecule has 0 amide bonds. The molecule has 0 unspecified atom stereocenters. The van der Waals surface area contributed by atoms with E-state index in [9.17, 15) is 19.5 Å².